The second-order valence-corrected chi connectivity index (χ2v) is 11.2. The highest BCUT2D eigenvalue weighted by atomic mass is 32.2. The van der Waals surface area contributed by atoms with Crippen LogP contribution in [0.1, 0.15) is 42.6 Å². The van der Waals surface area contributed by atoms with Crippen LogP contribution in [-0.2, 0) is 26.2 Å². The number of rotatable bonds is 6. The molecular weight excluding hydrogens is 473 g/mol. The number of hydrogen-bond acceptors (Lipinski definition) is 5. The number of piperidine rings is 1. The van der Waals surface area contributed by atoms with Gasteiger partial charge in [0.2, 0.25) is 21.8 Å². The fourth-order valence-electron chi connectivity index (χ4n) is 4.89. The third-order valence-electron chi connectivity index (χ3n) is 6.93. The molecule has 1 aromatic carbocycles. The molecule has 3 heterocycles. The third kappa shape index (κ3) is 5.25. The minimum absolute atomic E-state index is 0.0211. The first kappa shape index (κ1) is 25.3. The molecule has 0 bridgehead atoms. The number of carbonyl (C=O) groups excluding carboxylic acids is 2. The molecule has 2 aromatic rings. The number of anilines is 1. The van der Waals surface area contributed by atoms with E-state index in [-0.39, 0.29) is 48.1 Å². The van der Waals surface area contributed by atoms with Crippen molar-refractivity contribution in [3.63, 3.8) is 0 Å². The Balaban J connectivity index is 1.41. The number of sulfonamides is 1. The quantitative estimate of drug-likeness (QED) is 0.650. The summed E-state index contributed by atoms with van der Waals surface area (Å²) in [5.41, 5.74) is 1.99. The summed E-state index contributed by atoms with van der Waals surface area (Å²) in [5.74, 6) is -0.958. The zero-order valence-electron chi connectivity index (χ0n) is 20.4. The second kappa shape index (κ2) is 10.1. The number of nitrogens with zero attached hydrogens (tertiary/aromatic N) is 4. The Morgan fingerprint density at radius 1 is 1.09 bits per heavy atom. The van der Waals surface area contributed by atoms with E-state index in [9.17, 15) is 22.4 Å². The normalized spacial score (nSPS) is 17.7. The predicted molar refractivity (Wildman–Crippen MR) is 129 cm³/mol. The summed E-state index contributed by atoms with van der Waals surface area (Å²) < 4.78 is 43.1. The molecule has 190 valence electrons. The molecule has 2 aliphatic heterocycles. The lowest BCUT2D eigenvalue weighted by atomic mass is 9.97. The highest BCUT2D eigenvalue weighted by Crippen LogP contribution is 2.29. The van der Waals surface area contributed by atoms with Gasteiger partial charge in [-0.15, -0.1) is 0 Å². The van der Waals surface area contributed by atoms with E-state index in [1.54, 1.807) is 25.7 Å². The van der Waals surface area contributed by atoms with Crippen LogP contribution in [0, 0.1) is 32.5 Å². The number of likely N-dealkylation sites (tertiary alicyclic amines) is 1. The zero-order chi connectivity index (χ0) is 25.3. The maximum atomic E-state index is 13.5. The van der Waals surface area contributed by atoms with E-state index in [4.69, 9.17) is 0 Å². The Labute approximate surface area is 205 Å². The van der Waals surface area contributed by atoms with Crippen LogP contribution in [0.3, 0.4) is 0 Å². The largest absolute Gasteiger partial charge is 0.341 e. The Bertz CT molecular complexity index is 1230. The van der Waals surface area contributed by atoms with E-state index < -0.39 is 10.0 Å². The Morgan fingerprint density at radius 3 is 2.37 bits per heavy atom. The van der Waals surface area contributed by atoms with Gasteiger partial charge in [-0.05, 0) is 70.2 Å². The number of benzene rings is 1. The maximum absolute atomic E-state index is 13.5. The van der Waals surface area contributed by atoms with Crippen LogP contribution in [0.4, 0.5) is 10.1 Å². The van der Waals surface area contributed by atoms with Gasteiger partial charge >= 0.3 is 0 Å². The number of amides is 2. The molecule has 35 heavy (non-hydrogen) atoms. The third-order valence-corrected chi connectivity index (χ3v) is 9.08. The van der Waals surface area contributed by atoms with E-state index in [2.05, 4.69) is 10.4 Å². The van der Waals surface area contributed by atoms with Crippen molar-refractivity contribution in [3.05, 3.63) is 41.0 Å². The molecule has 0 aliphatic carbocycles. The van der Waals surface area contributed by atoms with Crippen LogP contribution in [0.5, 0.6) is 0 Å². The van der Waals surface area contributed by atoms with Gasteiger partial charge in [0.25, 0.3) is 0 Å². The van der Waals surface area contributed by atoms with Gasteiger partial charge in [0.15, 0.2) is 0 Å². The molecule has 9 nitrogen and oxygen atoms in total. The van der Waals surface area contributed by atoms with Crippen molar-refractivity contribution in [1.82, 2.24) is 19.0 Å². The molecule has 0 unspecified atom stereocenters. The summed E-state index contributed by atoms with van der Waals surface area (Å²) in [7, 11) is -3.83. The lowest BCUT2D eigenvalue weighted by Gasteiger charge is -2.30. The summed E-state index contributed by atoms with van der Waals surface area (Å²) >= 11 is 0. The van der Waals surface area contributed by atoms with Crippen molar-refractivity contribution in [3.8, 4) is 0 Å². The Kier molecular flexibility index (Phi) is 7.27. The van der Waals surface area contributed by atoms with E-state index in [1.807, 2.05) is 0 Å². The van der Waals surface area contributed by atoms with Crippen molar-refractivity contribution in [2.24, 2.45) is 5.92 Å². The van der Waals surface area contributed by atoms with Crippen LogP contribution in [0.15, 0.2) is 23.1 Å². The topological polar surface area (TPSA) is 105 Å². The van der Waals surface area contributed by atoms with Gasteiger partial charge in [0, 0.05) is 37.8 Å². The molecule has 2 aliphatic rings. The average molecular weight is 506 g/mol. The SMILES string of the molecule is Cc1cc(F)ccc1NC(=O)C1CCN(S(=O)(=O)c2c(C)nn(CC(=O)N3CCCC3)c2C)CC1. The van der Waals surface area contributed by atoms with Gasteiger partial charge in [-0.3, -0.25) is 14.3 Å². The molecular formula is C24H32FN5O4S. The fourth-order valence-corrected chi connectivity index (χ4v) is 6.73. The molecule has 2 amide bonds. The Morgan fingerprint density at radius 2 is 1.74 bits per heavy atom. The summed E-state index contributed by atoms with van der Waals surface area (Å²) in [6.45, 7) is 6.93. The summed E-state index contributed by atoms with van der Waals surface area (Å²) in [4.78, 5) is 27.2. The summed E-state index contributed by atoms with van der Waals surface area (Å²) in [5, 5.41) is 7.19. The first-order valence-electron chi connectivity index (χ1n) is 12.0. The van der Waals surface area contributed by atoms with E-state index in [0.717, 1.165) is 25.9 Å². The van der Waals surface area contributed by atoms with Crippen molar-refractivity contribution in [1.29, 1.82) is 0 Å². The molecule has 2 saturated heterocycles. The van der Waals surface area contributed by atoms with Crippen LogP contribution in [0.25, 0.3) is 0 Å². The lowest BCUT2D eigenvalue weighted by Crippen LogP contribution is -2.41. The van der Waals surface area contributed by atoms with Crippen LogP contribution < -0.4 is 5.32 Å². The van der Waals surface area contributed by atoms with E-state index in [0.29, 0.717) is 35.5 Å². The van der Waals surface area contributed by atoms with E-state index >= 15 is 0 Å². The molecule has 11 heteroatoms. The van der Waals surface area contributed by atoms with Crippen LogP contribution in [0.2, 0.25) is 0 Å². The standard InChI is InChI=1S/C24H32FN5O4S/c1-16-14-20(25)6-7-21(16)26-24(32)19-8-12-29(13-9-19)35(33,34)23-17(2)27-30(18(23)3)15-22(31)28-10-4-5-11-28/h6-7,14,19H,4-5,8-13,15H2,1-3H3,(H,26,32). The van der Waals surface area contributed by atoms with Gasteiger partial charge in [-0.25, -0.2) is 12.8 Å². The number of carbonyl (C=O) groups is 2. The minimum atomic E-state index is -3.83. The molecule has 2 fully saturated rings. The van der Waals surface area contributed by atoms with Crippen molar-refractivity contribution in [2.45, 2.75) is 57.9 Å². The van der Waals surface area contributed by atoms with E-state index in [1.165, 1.54) is 27.2 Å². The summed E-state index contributed by atoms with van der Waals surface area (Å²) in [6, 6.07) is 4.18. The van der Waals surface area contributed by atoms with Crippen molar-refractivity contribution < 1.29 is 22.4 Å². The predicted octanol–water partition coefficient (Wildman–Crippen LogP) is 2.61. The molecule has 0 saturated carbocycles. The first-order chi connectivity index (χ1) is 16.6. The number of aryl methyl sites for hydroxylation is 2. The van der Waals surface area contributed by atoms with Gasteiger partial charge in [-0.1, -0.05) is 0 Å². The molecule has 1 aromatic heterocycles. The minimum Gasteiger partial charge on any atom is -0.341 e. The maximum Gasteiger partial charge on any atom is 0.246 e. The molecule has 4 rings (SSSR count). The molecule has 0 atom stereocenters. The number of nitrogens with one attached hydrogen (secondary N) is 1. The summed E-state index contributed by atoms with van der Waals surface area (Å²) in [6.07, 6.45) is 2.73. The van der Waals surface area contributed by atoms with Gasteiger partial charge in [0.05, 0.1) is 11.4 Å². The lowest BCUT2D eigenvalue weighted by molar-refractivity contribution is -0.131. The van der Waals surface area contributed by atoms with Crippen molar-refractivity contribution >= 4 is 27.5 Å². The highest BCUT2D eigenvalue weighted by Gasteiger charge is 2.36. The number of halogens is 1. The number of aromatic nitrogens is 2. The fraction of sp³-hybridized carbons (Fsp3) is 0.542. The van der Waals surface area contributed by atoms with Gasteiger partial charge < -0.3 is 10.2 Å². The molecule has 1 N–H and O–H groups in total. The second-order valence-electron chi connectivity index (χ2n) is 9.37. The average Bonchev–Trinajstić information content (AvgIpc) is 3.44. The molecule has 0 radical (unpaired) electrons. The van der Waals surface area contributed by atoms with Gasteiger partial charge in [-0.2, -0.15) is 9.40 Å². The first-order valence-corrected chi connectivity index (χ1v) is 13.4. The van der Waals surface area contributed by atoms with Crippen LogP contribution >= 0.6 is 0 Å². The van der Waals surface area contributed by atoms with Gasteiger partial charge in [0.1, 0.15) is 17.3 Å². The highest BCUT2D eigenvalue weighted by molar-refractivity contribution is 7.89. The zero-order valence-corrected chi connectivity index (χ0v) is 21.2. The smallest absolute Gasteiger partial charge is 0.246 e. The number of hydrogen-bond donors (Lipinski definition) is 1. The Hall–Kier alpha value is -2.79. The molecule has 0 spiro atoms. The monoisotopic (exact) mass is 505 g/mol. The van der Waals surface area contributed by atoms with Crippen LogP contribution in [-0.4, -0.2) is 65.4 Å². The van der Waals surface area contributed by atoms with Crippen molar-refractivity contribution in [2.75, 3.05) is 31.5 Å².